The number of hydrogen-bond donors (Lipinski definition) is 1. The van der Waals surface area contributed by atoms with Gasteiger partial charge in [0.15, 0.2) is 0 Å². The minimum atomic E-state index is -0.337. The lowest BCUT2D eigenvalue weighted by molar-refractivity contribution is -0.122. The Labute approximate surface area is 156 Å². The van der Waals surface area contributed by atoms with Crippen LogP contribution in [0.2, 0.25) is 0 Å². The van der Waals surface area contributed by atoms with Gasteiger partial charge in [0.2, 0.25) is 11.8 Å². The van der Waals surface area contributed by atoms with Gasteiger partial charge in [-0.25, -0.2) is 0 Å². The second-order valence-electron chi connectivity index (χ2n) is 6.70. The molecule has 1 fully saturated rings. The third kappa shape index (κ3) is 3.93. The normalized spacial score (nSPS) is 17.0. The molecule has 1 atom stereocenters. The lowest BCUT2D eigenvalue weighted by Crippen LogP contribution is -2.28. The van der Waals surface area contributed by atoms with Gasteiger partial charge in [-0.1, -0.05) is 22.0 Å². The van der Waals surface area contributed by atoms with Crippen LogP contribution in [0.3, 0.4) is 0 Å². The quantitative estimate of drug-likeness (QED) is 0.831. The Morgan fingerprint density at radius 1 is 1.12 bits per heavy atom. The summed E-state index contributed by atoms with van der Waals surface area (Å²) in [5.74, 6) is -0.445. The maximum absolute atomic E-state index is 12.6. The second-order valence-corrected chi connectivity index (χ2v) is 7.62. The Hall–Kier alpha value is -2.14. The Morgan fingerprint density at radius 3 is 2.44 bits per heavy atom. The van der Waals surface area contributed by atoms with Gasteiger partial charge in [0, 0.05) is 28.8 Å². The van der Waals surface area contributed by atoms with E-state index in [-0.39, 0.29) is 24.2 Å². The molecule has 0 radical (unpaired) electrons. The summed E-state index contributed by atoms with van der Waals surface area (Å²) in [5.41, 5.74) is 4.86. The Morgan fingerprint density at radius 2 is 1.80 bits per heavy atom. The fraction of sp³-hybridized carbons (Fsp3) is 0.300. The number of rotatable bonds is 3. The third-order valence-corrected chi connectivity index (χ3v) is 4.95. The van der Waals surface area contributed by atoms with Gasteiger partial charge in [0.1, 0.15) is 0 Å². The van der Waals surface area contributed by atoms with Crippen LogP contribution >= 0.6 is 15.9 Å². The first-order valence-corrected chi connectivity index (χ1v) is 9.08. The van der Waals surface area contributed by atoms with Crippen molar-refractivity contribution in [2.45, 2.75) is 27.2 Å². The molecular formula is C20H21BrN2O2. The van der Waals surface area contributed by atoms with Gasteiger partial charge in [-0.05, 0) is 67.8 Å². The van der Waals surface area contributed by atoms with E-state index in [1.807, 2.05) is 51.1 Å². The van der Waals surface area contributed by atoms with Crippen LogP contribution in [0.25, 0.3) is 0 Å². The van der Waals surface area contributed by atoms with E-state index in [0.717, 1.165) is 32.5 Å². The highest BCUT2D eigenvalue weighted by Crippen LogP contribution is 2.28. The number of halogens is 1. The molecule has 1 heterocycles. The summed E-state index contributed by atoms with van der Waals surface area (Å²) >= 11 is 3.42. The number of hydrogen-bond acceptors (Lipinski definition) is 2. The first-order valence-electron chi connectivity index (χ1n) is 8.29. The van der Waals surface area contributed by atoms with Crippen molar-refractivity contribution in [2.75, 3.05) is 16.8 Å². The van der Waals surface area contributed by atoms with Gasteiger partial charge in [0.25, 0.3) is 0 Å². The Kier molecular flexibility index (Phi) is 4.95. The molecule has 1 saturated heterocycles. The van der Waals surface area contributed by atoms with E-state index in [4.69, 9.17) is 0 Å². The lowest BCUT2D eigenvalue weighted by Gasteiger charge is -2.18. The smallest absolute Gasteiger partial charge is 0.229 e. The van der Waals surface area contributed by atoms with Crippen LogP contribution in [-0.2, 0) is 9.59 Å². The van der Waals surface area contributed by atoms with Crippen LogP contribution in [0.5, 0.6) is 0 Å². The summed E-state index contributed by atoms with van der Waals surface area (Å²) in [5, 5.41) is 2.96. The average Bonchev–Trinajstić information content (AvgIpc) is 2.91. The molecule has 2 aromatic rings. The fourth-order valence-electron chi connectivity index (χ4n) is 3.24. The number of aryl methyl sites for hydroxylation is 3. The molecule has 0 saturated carbocycles. The molecule has 0 bridgehead atoms. The highest BCUT2D eigenvalue weighted by molar-refractivity contribution is 9.10. The number of nitrogens with one attached hydrogen (secondary N) is 1. The average molecular weight is 401 g/mol. The molecule has 4 nitrogen and oxygen atoms in total. The van der Waals surface area contributed by atoms with Crippen LogP contribution in [0, 0.1) is 26.7 Å². The SMILES string of the molecule is Cc1cc(C)cc(N2C[C@@H](C(=O)Nc3ccc(Br)cc3C)CC2=O)c1. The topological polar surface area (TPSA) is 49.4 Å². The monoisotopic (exact) mass is 400 g/mol. The maximum Gasteiger partial charge on any atom is 0.229 e. The number of carbonyl (C=O) groups excluding carboxylic acids is 2. The molecule has 0 spiro atoms. The summed E-state index contributed by atoms with van der Waals surface area (Å²) in [7, 11) is 0. The molecule has 2 aromatic carbocycles. The van der Waals surface area contributed by atoms with Crippen molar-refractivity contribution >= 4 is 39.1 Å². The molecule has 0 aromatic heterocycles. The number of anilines is 2. The maximum atomic E-state index is 12.6. The molecule has 1 aliphatic rings. The summed E-state index contributed by atoms with van der Waals surface area (Å²) in [4.78, 5) is 26.7. The van der Waals surface area contributed by atoms with Crippen molar-refractivity contribution < 1.29 is 9.59 Å². The molecular weight excluding hydrogens is 380 g/mol. The van der Waals surface area contributed by atoms with Crippen molar-refractivity contribution in [1.82, 2.24) is 0 Å². The third-order valence-electron chi connectivity index (χ3n) is 4.46. The van der Waals surface area contributed by atoms with Crippen molar-refractivity contribution in [3.63, 3.8) is 0 Å². The highest BCUT2D eigenvalue weighted by atomic mass is 79.9. The number of nitrogens with zero attached hydrogens (tertiary/aromatic N) is 1. The van der Waals surface area contributed by atoms with Crippen LogP contribution in [-0.4, -0.2) is 18.4 Å². The molecule has 5 heteroatoms. The first kappa shape index (κ1) is 17.7. The molecule has 130 valence electrons. The molecule has 3 rings (SSSR count). The molecule has 1 N–H and O–H groups in total. The minimum Gasteiger partial charge on any atom is -0.326 e. The molecule has 25 heavy (non-hydrogen) atoms. The molecule has 1 aliphatic heterocycles. The van der Waals surface area contributed by atoms with Gasteiger partial charge in [0.05, 0.1) is 5.92 Å². The summed E-state index contributed by atoms with van der Waals surface area (Å²) in [6.07, 6.45) is 0.244. The Balaban J connectivity index is 1.74. The van der Waals surface area contributed by atoms with Crippen molar-refractivity contribution in [2.24, 2.45) is 5.92 Å². The summed E-state index contributed by atoms with van der Waals surface area (Å²) < 4.78 is 0.972. The van der Waals surface area contributed by atoms with E-state index in [0.29, 0.717) is 6.54 Å². The molecule has 2 amide bonds. The summed E-state index contributed by atoms with van der Waals surface area (Å²) in [6.45, 7) is 6.39. The number of carbonyl (C=O) groups is 2. The van der Waals surface area contributed by atoms with E-state index in [9.17, 15) is 9.59 Å². The van der Waals surface area contributed by atoms with Crippen LogP contribution in [0.4, 0.5) is 11.4 Å². The number of benzene rings is 2. The largest absolute Gasteiger partial charge is 0.326 e. The predicted octanol–water partition coefficient (Wildman–Crippen LogP) is 4.37. The predicted molar refractivity (Wildman–Crippen MR) is 104 cm³/mol. The van der Waals surface area contributed by atoms with E-state index in [2.05, 4.69) is 27.3 Å². The standard InChI is InChI=1S/C20H21BrN2O2/c1-12-6-13(2)8-17(7-12)23-11-15(10-19(23)24)20(25)22-18-5-4-16(21)9-14(18)3/h4-9,15H,10-11H2,1-3H3,(H,22,25)/t15-/m0/s1. The van der Waals surface area contributed by atoms with Crippen molar-refractivity contribution in [3.05, 3.63) is 57.6 Å². The van der Waals surface area contributed by atoms with Gasteiger partial charge in [-0.3, -0.25) is 9.59 Å². The van der Waals surface area contributed by atoms with Gasteiger partial charge < -0.3 is 10.2 Å². The van der Waals surface area contributed by atoms with Crippen LogP contribution in [0.15, 0.2) is 40.9 Å². The van der Waals surface area contributed by atoms with E-state index < -0.39 is 0 Å². The fourth-order valence-corrected chi connectivity index (χ4v) is 3.72. The zero-order valence-corrected chi connectivity index (χ0v) is 16.2. The first-order chi connectivity index (χ1) is 11.8. The zero-order chi connectivity index (χ0) is 18.1. The molecule has 0 aliphatic carbocycles. The van der Waals surface area contributed by atoms with Gasteiger partial charge in [-0.15, -0.1) is 0 Å². The highest BCUT2D eigenvalue weighted by Gasteiger charge is 2.35. The number of amides is 2. The summed E-state index contributed by atoms with van der Waals surface area (Å²) in [6, 6.07) is 11.8. The van der Waals surface area contributed by atoms with E-state index in [1.54, 1.807) is 4.90 Å². The minimum absolute atomic E-state index is 0.00215. The van der Waals surface area contributed by atoms with E-state index >= 15 is 0 Å². The zero-order valence-electron chi connectivity index (χ0n) is 14.6. The lowest BCUT2D eigenvalue weighted by atomic mass is 10.1. The Bertz CT molecular complexity index is 827. The molecule has 0 unspecified atom stereocenters. The van der Waals surface area contributed by atoms with Crippen LogP contribution in [0.1, 0.15) is 23.1 Å². The van der Waals surface area contributed by atoms with Crippen LogP contribution < -0.4 is 10.2 Å². The van der Waals surface area contributed by atoms with Gasteiger partial charge in [-0.2, -0.15) is 0 Å². The second kappa shape index (κ2) is 7.00. The van der Waals surface area contributed by atoms with Crippen molar-refractivity contribution in [3.8, 4) is 0 Å². The van der Waals surface area contributed by atoms with Crippen molar-refractivity contribution in [1.29, 1.82) is 0 Å². The van der Waals surface area contributed by atoms with E-state index in [1.165, 1.54) is 0 Å². The van der Waals surface area contributed by atoms with Gasteiger partial charge >= 0.3 is 0 Å².